The van der Waals surface area contributed by atoms with Crippen LogP contribution in [-0.2, 0) is 7.05 Å². The molecular formula is C13H11ClN4O2. The largest absolute Gasteiger partial charge is 0.491 e. The van der Waals surface area contributed by atoms with Crippen LogP contribution in [0.3, 0.4) is 0 Å². The van der Waals surface area contributed by atoms with Crippen LogP contribution in [0.4, 0.5) is 0 Å². The highest BCUT2D eigenvalue weighted by Crippen LogP contribution is 2.23. The molecule has 20 heavy (non-hydrogen) atoms. The molecule has 0 N–H and O–H groups in total. The predicted octanol–water partition coefficient (Wildman–Crippen LogP) is 1.78. The molecule has 0 saturated heterocycles. The molecule has 0 bridgehead atoms. The first-order valence-corrected chi connectivity index (χ1v) is 6.24. The van der Waals surface area contributed by atoms with Gasteiger partial charge in [0.1, 0.15) is 0 Å². The van der Waals surface area contributed by atoms with Crippen LogP contribution in [0.15, 0.2) is 35.3 Å². The van der Waals surface area contributed by atoms with Gasteiger partial charge >= 0.3 is 5.69 Å². The molecule has 0 saturated carbocycles. The maximum Gasteiger partial charge on any atom is 0.334 e. The van der Waals surface area contributed by atoms with E-state index in [0.717, 1.165) is 11.0 Å². The first-order valence-electron chi connectivity index (χ1n) is 5.87. The van der Waals surface area contributed by atoms with E-state index in [9.17, 15) is 4.79 Å². The van der Waals surface area contributed by atoms with E-state index < -0.39 is 0 Å². The zero-order valence-electron chi connectivity index (χ0n) is 10.9. The lowest BCUT2D eigenvalue weighted by molar-refractivity contribution is 0.408. The van der Waals surface area contributed by atoms with Crippen LogP contribution >= 0.6 is 11.6 Å². The van der Waals surface area contributed by atoms with Crippen molar-refractivity contribution in [3.05, 3.63) is 46.2 Å². The van der Waals surface area contributed by atoms with Gasteiger partial charge in [0.05, 0.1) is 24.3 Å². The Morgan fingerprint density at radius 3 is 2.65 bits per heavy atom. The fraction of sp³-hybridized carbons (Fsp3) is 0.154. The van der Waals surface area contributed by atoms with Crippen LogP contribution in [0.2, 0.25) is 5.28 Å². The number of halogens is 1. The monoisotopic (exact) mass is 290 g/mol. The number of aromatic nitrogens is 4. The Labute approximate surface area is 119 Å². The summed E-state index contributed by atoms with van der Waals surface area (Å²) in [5, 5.41) is 0.0561. The third-order valence-corrected chi connectivity index (χ3v) is 3.28. The number of hydrogen-bond acceptors (Lipinski definition) is 4. The smallest absolute Gasteiger partial charge is 0.334 e. The summed E-state index contributed by atoms with van der Waals surface area (Å²) in [4.78, 5) is 20.4. The Bertz CT molecular complexity index is 853. The van der Waals surface area contributed by atoms with Crippen LogP contribution in [0.25, 0.3) is 16.9 Å². The number of ether oxygens (including phenoxy) is 1. The molecule has 0 atom stereocenters. The molecule has 3 rings (SSSR count). The summed E-state index contributed by atoms with van der Waals surface area (Å²) < 4.78 is 8.22. The first-order chi connectivity index (χ1) is 9.63. The topological polar surface area (TPSA) is 61.9 Å². The number of nitrogens with zero attached hydrogens (tertiary/aromatic N) is 4. The first kappa shape index (κ1) is 12.7. The van der Waals surface area contributed by atoms with E-state index in [2.05, 4.69) is 9.97 Å². The maximum absolute atomic E-state index is 12.4. The van der Waals surface area contributed by atoms with Gasteiger partial charge in [0.2, 0.25) is 5.28 Å². The van der Waals surface area contributed by atoms with Crippen molar-refractivity contribution < 1.29 is 4.74 Å². The Balaban J connectivity index is 2.44. The Morgan fingerprint density at radius 1 is 1.25 bits per heavy atom. The molecule has 0 aliphatic carbocycles. The molecule has 6 nitrogen and oxygen atoms in total. The lowest BCUT2D eigenvalue weighted by Crippen LogP contribution is -2.22. The van der Waals surface area contributed by atoms with Gasteiger partial charge in [-0.05, 0) is 23.7 Å². The highest BCUT2D eigenvalue weighted by atomic mass is 35.5. The molecule has 2 heterocycles. The standard InChI is InChI=1S/C13H11ClN4O2/c1-17-8-5-3-4-6-9(8)18(13(17)19)11-10(20-2)7-15-12(14)16-11/h3-7H,1-2H3. The van der Waals surface area contributed by atoms with E-state index >= 15 is 0 Å². The third kappa shape index (κ3) is 1.77. The van der Waals surface area contributed by atoms with Crippen LogP contribution in [0.1, 0.15) is 0 Å². The van der Waals surface area contributed by atoms with Gasteiger partial charge in [-0.15, -0.1) is 0 Å². The van der Waals surface area contributed by atoms with E-state index in [-0.39, 0.29) is 11.0 Å². The van der Waals surface area contributed by atoms with Crippen molar-refractivity contribution >= 4 is 22.6 Å². The minimum atomic E-state index is -0.223. The number of rotatable bonds is 2. The van der Waals surface area contributed by atoms with E-state index in [1.54, 1.807) is 11.6 Å². The minimum absolute atomic E-state index is 0.0561. The van der Waals surface area contributed by atoms with Gasteiger partial charge in [-0.2, -0.15) is 4.98 Å². The van der Waals surface area contributed by atoms with Crippen molar-refractivity contribution in [3.63, 3.8) is 0 Å². The van der Waals surface area contributed by atoms with Crippen molar-refractivity contribution in [2.75, 3.05) is 7.11 Å². The zero-order valence-corrected chi connectivity index (χ0v) is 11.6. The van der Waals surface area contributed by atoms with E-state index in [1.165, 1.54) is 17.9 Å². The third-order valence-electron chi connectivity index (χ3n) is 3.10. The number of benzene rings is 1. The zero-order chi connectivity index (χ0) is 14.3. The second-order valence-electron chi connectivity index (χ2n) is 4.20. The number of aryl methyl sites for hydroxylation is 1. The molecule has 7 heteroatoms. The molecule has 102 valence electrons. The molecule has 0 unspecified atom stereocenters. The molecule has 1 aromatic carbocycles. The van der Waals surface area contributed by atoms with Gasteiger partial charge in [0, 0.05) is 7.05 Å². The number of hydrogen-bond donors (Lipinski definition) is 0. The summed E-state index contributed by atoms with van der Waals surface area (Å²) in [6, 6.07) is 7.43. The Hall–Kier alpha value is -2.34. The van der Waals surface area contributed by atoms with Crippen LogP contribution in [0, 0.1) is 0 Å². The fourth-order valence-corrected chi connectivity index (χ4v) is 2.27. The van der Waals surface area contributed by atoms with Gasteiger partial charge in [-0.25, -0.2) is 14.3 Å². The second kappa shape index (κ2) is 4.64. The quantitative estimate of drug-likeness (QED) is 0.675. The molecule has 0 radical (unpaired) electrons. The molecule has 0 aliphatic rings. The van der Waals surface area contributed by atoms with Gasteiger partial charge in [0.15, 0.2) is 11.6 Å². The van der Waals surface area contributed by atoms with E-state index in [4.69, 9.17) is 16.3 Å². The highest BCUT2D eigenvalue weighted by Gasteiger charge is 2.17. The molecule has 0 fully saturated rings. The predicted molar refractivity (Wildman–Crippen MR) is 75.7 cm³/mol. The van der Waals surface area contributed by atoms with Crippen molar-refractivity contribution in [1.82, 2.24) is 19.1 Å². The SMILES string of the molecule is COc1cnc(Cl)nc1-n1c(=O)n(C)c2ccccc21. The van der Waals surface area contributed by atoms with E-state index in [0.29, 0.717) is 11.6 Å². The molecule has 0 aliphatic heterocycles. The fourth-order valence-electron chi connectivity index (χ4n) is 2.14. The van der Waals surface area contributed by atoms with Crippen molar-refractivity contribution in [2.45, 2.75) is 0 Å². The lowest BCUT2D eigenvalue weighted by Gasteiger charge is -2.07. The van der Waals surface area contributed by atoms with Crippen LogP contribution < -0.4 is 10.4 Å². The minimum Gasteiger partial charge on any atom is -0.491 e. The van der Waals surface area contributed by atoms with Crippen molar-refractivity contribution in [2.24, 2.45) is 7.05 Å². The normalized spacial score (nSPS) is 10.9. The maximum atomic E-state index is 12.4. The molecular weight excluding hydrogens is 280 g/mol. The molecule has 3 aromatic rings. The molecule has 0 spiro atoms. The number of fused-ring (bicyclic) bond motifs is 1. The highest BCUT2D eigenvalue weighted by molar-refractivity contribution is 6.28. The van der Waals surface area contributed by atoms with Gasteiger partial charge in [-0.3, -0.25) is 4.57 Å². The van der Waals surface area contributed by atoms with Crippen LogP contribution in [-0.4, -0.2) is 26.2 Å². The Kier molecular flexibility index (Phi) is 2.94. The van der Waals surface area contributed by atoms with Crippen molar-refractivity contribution in [1.29, 1.82) is 0 Å². The Morgan fingerprint density at radius 2 is 1.95 bits per heavy atom. The average molecular weight is 291 g/mol. The molecule has 0 amide bonds. The lowest BCUT2D eigenvalue weighted by atomic mass is 10.3. The number of methoxy groups -OCH3 is 1. The summed E-state index contributed by atoms with van der Waals surface area (Å²) in [6.45, 7) is 0. The second-order valence-corrected chi connectivity index (χ2v) is 4.53. The van der Waals surface area contributed by atoms with Crippen molar-refractivity contribution in [3.8, 4) is 11.6 Å². The number of para-hydroxylation sites is 2. The number of imidazole rings is 1. The van der Waals surface area contributed by atoms with E-state index in [1.807, 2.05) is 24.3 Å². The van der Waals surface area contributed by atoms with Crippen LogP contribution in [0.5, 0.6) is 5.75 Å². The summed E-state index contributed by atoms with van der Waals surface area (Å²) in [5.74, 6) is 0.710. The van der Waals surface area contributed by atoms with Gasteiger partial charge in [0.25, 0.3) is 0 Å². The van der Waals surface area contributed by atoms with Gasteiger partial charge < -0.3 is 4.74 Å². The summed E-state index contributed by atoms with van der Waals surface area (Å²) in [7, 11) is 3.20. The summed E-state index contributed by atoms with van der Waals surface area (Å²) in [5.41, 5.74) is 1.31. The van der Waals surface area contributed by atoms with Gasteiger partial charge in [-0.1, -0.05) is 12.1 Å². The summed E-state index contributed by atoms with van der Waals surface area (Å²) in [6.07, 6.45) is 1.44. The average Bonchev–Trinajstić information content (AvgIpc) is 2.71. The summed E-state index contributed by atoms with van der Waals surface area (Å²) >= 11 is 5.83. The molecule has 2 aromatic heterocycles.